The Hall–Kier alpha value is -3.32. The van der Waals surface area contributed by atoms with Gasteiger partial charge in [0.1, 0.15) is 5.69 Å². The zero-order chi connectivity index (χ0) is 24.2. The second-order valence-corrected chi connectivity index (χ2v) is 10.5. The Balaban J connectivity index is 1.49. The fourth-order valence-corrected chi connectivity index (χ4v) is 5.82. The SMILES string of the molecule is C[C@]1(O)C[C@@](N)(c2ccc(-c3nc4c(Br)c(-c5ccccc5)nn4cc3-c3ccccc3)cc2)C1. The maximum Gasteiger partial charge on any atom is 0.170 e. The number of fused-ring (bicyclic) bond motifs is 1. The lowest BCUT2D eigenvalue weighted by Crippen LogP contribution is -2.58. The third kappa shape index (κ3) is 3.88. The summed E-state index contributed by atoms with van der Waals surface area (Å²) in [5.74, 6) is 0. The quantitative estimate of drug-likeness (QED) is 0.293. The predicted molar refractivity (Wildman–Crippen MR) is 143 cm³/mol. The van der Waals surface area contributed by atoms with Gasteiger partial charge in [-0.05, 0) is 46.8 Å². The number of nitrogens with zero attached hydrogens (tertiary/aromatic N) is 3. The van der Waals surface area contributed by atoms with Crippen LogP contribution in [0.4, 0.5) is 0 Å². The fourth-order valence-electron chi connectivity index (χ4n) is 5.25. The lowest BCUT2D eigenvalue weighted by atomic mass is 9.63. The molecule has 0 spiro atoms. The molecule has 1 aliphatic carbocycles. The van der Waals surface area contributed by atoms with Crippen molar-refractivity contribution in [3.63, 3.8) is 0 Å². The van der Waals surface area contributed by atoms with Gasteiger partial charge in [-0.2, -0.15) is 5.10 Å². The van der Waals surface area contributed by atoms with Gasteiger partial charge in [0.2, 0.25) is 0 Å². The van der Waals surface area contributed by atoms with Gasteiger partial charge in [0, 0.05) is 28.4 Å². The average Bonchev–Trinajstić information content (AvgIpc) is 3.18. The molecule has 0 bridgehead atoms. The lowest BCUT2D eigenvalue weighted by Gasteiger charge is -2.49. The second-order valence-electron chi connectivity index (χ2n) is 9.75. The van der Waals surface area contributed by atoms with E-state index in [1.54, 1.807) is 0 Å². The van der Waals surface area contributed by atoms with Crippen LogP contribution < -0.4 is 5.73 Å². The van der Waals surface area contributed by atoms with Crippen molar-refractivity contribution in [2.75, 3.05) is 0 Å². The highest BCUT2D eigenvalue weighted by atomic mass is 79.9. The zero-order valence-corrected chi connectivity index (χ0v) is 20.9. The average molecular weight is 525 g/mol. The molecule has 1 saturated carbocycles. The molecular weight excluding hydrogens is 500 g/mol. The molecule has 0 radical (unpaired) electrons. The normalized spacial score (nSPS) is 21.7. The Morgan fingerprint density at radius 2 is 1.40 bits per heavy atom. The topological polar surface area (TPSA) is 76.4 Å². The van der Waals surface area contributed by atoms with Crippen molar-refractivity contribution >= 4 is 21.6 Å². The molecule has 1 fully saturated rings. The first-order valence-electron chi connectivity index (χ1n) is 11.6. The van der Waals surface area contributed by atoms with Crippen LogP contribution >= 0.6 is 15.9 Å². The Morgan fingerprint density at radius 1 is 0.829 bits per heavy atom. The molecule has 0 aliphatic heterocycles. The van der Waals surface area contributed by atoms with Gasteiger partial charge in [0.15, 0.2) is 5.65 Å². The molecule has 3 aromatic carbocycles. The van der Waals surface area contributed by atoms with E-state index in [4.69, 9.17) is 15.8 Å². The van der Waals surface area contributed by atoms with Crippen LogP contribution in [0.5, 0.6) is 0 Å². The third-order valence-electron chi connectivity index (χ3n) is 6.81. The third-order valence-corrected chi connectivity index (χ3v) is 7.54. The summed E-state index contributed by atoms with van der Waals surface area (Å²) in [5, 5.41) is 15.1. The van der Waals surface area contributed by atoms with Crippen LogP contribution in [0.15, 0.2) is 95.6 Å². The number of halogens is 1. The van der Waals surface area contributed by atoms with Crippen molar-refractivity contribution in [2.24, 2.45) is 5.73 Å². The van der Waals surface area contributed by atoms with Gasteiger partial charge in [0.25, 0.3) is 0 Å². The van der Waals surface area contributed by atoms with Gasteiger partial charge >= 0.3 is 0 Å². The number of aliphatic hydroxyl groups is 1. The van der Waals surface area contributed by atoms with Crippen LogP contribution in [0.3, 0.4) is 0 Å². The molecule has 5 nitrogen and oxygen atoms in total. The first-order valence-corrected chi connectivity index (χ1v) is 12.4. The van der Waals surface area contributed by atoms with Crippen molar-refractivity contribution in [1.29, 1.82) is 0 Å². The van der Waals surface area contributed by atoms with Gasteiger partial charge in [-0.3, -0.25) is 0 Å². The van der Waals surface area contributed by atoms with Crippen molar-refractivity contribution < 1.29 is 5.11 Å². The Bertz CT molecular complexity index is 1520. The van der Waals surface area contributed by atoms with Crippen LogP contribution in [0, 0.1) is 0 Å². The minimum Gasteiger partial charge on any atom is -0.390 e. The first kappa shape index (κ1) is 22.2. The summed E-state index contributed by atoms with van der Waals surface area (Å²) in [6, 6.07) is 28.6. The van der Waals surface area contributed by atoms with Gasteiger partial charge in [-0.1, -0.05) is 84.9 Å². The van der Waals surface area contributed by atoms with Crippen molar-refractivity contribution in [3.05, 3.63) is 101 Å². The van der Waals surface area contributed by atoms with Crippen LogP contribution in [0.25, 0.3) is 39.3 Å². The van der Waals surface area contributed by atoms with Crippen molar-refractivity contribution in [2.45, 2.75) is 30.9 Å². The molecule has 0 atom stereocenters. The van der Waals surface area contributed by atoms with E-state index in [1.807, 2.05) is 66.2 Å². The number of nitrogens with two attached hydrogens (primary N) is 1. The fraction of sp³-hybridized carbons (Fsp3) is 0.172. The summed E-state index contributed by atoms with van der Waals surface area (Å²) in [4.78, 5) is 5.10. The molecule has 0 saturated heterocycles. The summed E-state index contributed by atoms with van der Waals surface area (Å²) in [5.41, 5.74) is 13.0. The maximum atomic E-state index is 10.2. The highest BCUT2D eigenvalue weighted by Gasteiger charge is 2.49. The minimum atomic E-state index is -0.689. The molecule has 35 heavy (non-hydrogen) atoms. The smallest absolute Gasteiger partial charge is 0.170 e. The molecule has 5 aromatic rings. The van der Waals surface area contributed by atoms with E-state index in [9.17, 15) is 5.11 Å². The van der Waals surface area contributed by atoms with Crippen molar-refractivity contribution in [1.82, 2.24) is 14.6 Å². The highest BCUT2D eigenvalue weighted by molar-refractivity contribution is 9.10. The Kier molecular flexibility index (Phi) is 5.14. The zero-order valence-electron chi connectivity index (χ0n) is 19.3. The molecule has 2 aromatic heterocycles. The molecule has 0 amide bonds. The van der Waals surface area contributed by atoms with E-state index in [-0.39, 0.29) is 0 Å². The molecule has 6 rings (SSSR count). The van der Waals surface area contributed by atoms with Crippen molar-refractivity contribution in [3.8, 4) is 33.6 Å². The van der Waals surface area contributed by atoms with Crippen LogP contribution in [-0.2, 0) is 5.54 Å². The number of aromatic nitrogens is 3. The largest absolute Gasteiger partial charge is 0.390 e. The van der Waals surface area contributed by atoms with E-state index in [0.717, 1.165) is 49.3 Å². The van der Waals surface area contributed by atoms with Gasteiger partial charge < -0.3 is 10.8 Å². The number of hydrogen-bond donors (Lipinski definition) is 2. The predicted octanol–water partition coefficient (Wildman–Crippen LogP) is 6.19. The molecule has 3 N–H and O–H groups in total. The molecule has 174 valence electrons. The molecule has 2 heterocycles. The second kappa shape index (κ2) is 8.12. The van der Waals surface area contributed by atoms with E-state index < -0.39 is 11.1 Å². The van der Waals surface area contributed by atoms with Gasteiger partial charge in [-0.15, -0.1) is 0 Å². The van der Waals surface area contributed by atoms with Crippen LogP contribution in [0.2, 0.25) is 0 Å². The van der Waals surface area contributed by atoms with Crippen LogP contribution in [-0.4, -0.2) is 25.3 Å². The molecular formula is C29H25BrN4O. The van der Waals surface area contributed by atoms with Gasteiger partial charge in [0.05, 0.1) is 15.8 Å². The van der Waals surface area contributed by atoms with E-state index >= 15 is 0 Å². The lowest BCUT2D eigenvalue weighted by molar-refractivity contribution is -0.0738. The number of hydrogen-bond acceptors (Lipinski definition) is 4. The first-order chi connectivity index (χ1) is 16.8. The number of benzene rings is 3. The monoisotopic (exact) mass is 524 g/mol. The summed E-state index contributed by atoms with van der Waals surface area (Å²) < 4.78 is 2.71. The van der Waals surface area contributed by atoms with E-state index in [1.165, 1.54) is 0 Å². The van der Waals surface area contributed by atoms with Gasteiger partial charge in [-0.25, -0.2) is 9.50 Å². The van der Waals surface area contributed by atoms with Crippen LogP contribution in [0.1, 0.15) is 25.3 Å². The van der Waals surface area contributed by atoms with E-state index in [0.29, 0.717) is 12.8 Å². The Labute approximate surface area is 212 Å². The van der Waals surface area contributed by atoms with E-state index in [2.05, 4.69) is 52.3 Å². The summed E-state index contributed by atoms with van der Waals surface area (Å²) in [7, 11) is 0. The highest BCUT2D eigenvalue weighted by Crippen LogP contribution is 2.46. The Morgan fingerprint density at radius 3 is 2.00 bits per heavy atom. The number of rotatable bonds is 4. The molecule has 0 unspecified atom stereocenters. The molecule has 1 aliphatic rings. The summed E-state index contributed by atoms with van der Waals surface area (Å²) in [6.07, 6.45) is 3.17. The summed E-state index contributed by atoms with van der Waals surface area (Å²) >= 11 is 3.76. The maximum absolute atomic E-state index is 10.2. The standard InChI is InChI=1S/C29H25BrN4O/c1-28(35)17-29(31,18-28)22-14-12-21(13-15-22)25-23(19-8-4-2-5-9-19)16-34-27(32-25)24(30)26(33-34)20-10-6-3-7-11-20/h2-16,35H,17-18,31H2,1H3/t28-,29-. The molecule has 6 heteroatoms. The summed E-state index contributed by atoms with van der Waals surface area (Å²) in [6.45, 7) is 1.84. The minimum absolute atomic E-state index is 0.485.